The number of nitrogen functional groups attached to an aromatic ring is 1. The van der Waals surface area contributed by atoms with Gasteiger partial charge in [0.25, 0.3) is 5.91 Å². The number of nitrogens with zero attached hydrogens (tertiary/aromatic N) is 4. The summed E-state index contributed by atoms with van der Waals surface area (Å²) in [7, 11) is 0. The molecule has 0 saturated carbocycles. The summed E-state index contributed by atoms with van der Waals surface area (Å²) >= 11 is 0. The number of amides is 1. The van der Waals surface area contributed by atoms with Crippen molar-refractivity contribution in [3.63, 3.8) is 0 Å². The molecule has 0 unspecified atom stereocenters. The zero-order valence-electron chi connectivity index (χ0n) is 16.5. The fourth-order valence-electron chi connectivity index (χ4n) is 3.28. The number of fused-ring (bicyclic) bond motifs is 1. The van der Waals surface area contributed by atoms with Crippen molar-refractivity contribution in [2.24, 2.45) is 0 Å². The number of carbonyl (C=O) groups is 1. The van der Waals surface area contributed by atoms with Gasteiger partial charge in [0.1, 0.15) is 17.9 Å². The topological polar surface area (TPSA) is 105 Å². The number of aromatic nitrogens is 3. The summed E-state index contributed by atoms with van der Waals surface area (Å²) in [5, 5.41) is 11.2. The minimum absolute atomic E-state index is 0. The summed E-state index contributed by atoms with van der Waals surface area (Å²) in [5.74, 6) is 4.71. The molecular weight excluding hydrogens is 443 g/mol. The zero-order chi connectivity index (χ0) is 22.2. The van der Waals surface area contributed by atoms with Crippen LogP contribution in [0, 0.1) is 11.8 Å². The van der Waals surface area contributed by atoms with E-state index in [0.717, 1.165) is 5.39 Å². The summed E-state index contributed by atoms with van der Waals surface area (Å²) in [4.78, 5) is 25.5. The molecule has 32 heavy (non-hydrogen) atoms. The van der Waals surface area contributed by atoms with E-state index in [1.807, 2.05) is 0 Å². The van der Waals surface area contributed by atoms with Crippen LogP contribution in [0.4, 0.5) is 19.0 Å². The molecule has 1 amide bonds. The second kappa shape index (κ2) is 8.64. The number of pyridine rings is 1. The zero-order valence-corrected chi connectivity index (χ0v) is 17.5. The molecule has 1 aliphatic heterocycles. The minimum Gasteiger partial charge on any atom is -0.382 e. The molecule has 1 saturated heterocycles. The molecule has 0 aliphatic carbocycles. The molecule has 3 heterocycles. The summed E-state index contributed by atoms with van der Waals surface area (Å²) in [6.07, 6.45) is -1.57. The Bertz CT molecular complexity index is 1240. The van der Waals surface area contributed by atoms with Gasteiger partial charge in [0.2, 0.25) is 5.60 Å². The number of anilines is 1. The maximum atomic E-state index is 12.6. The van der Waals surface area contributed by atoms with Crippen LogP contribution in [0.5, 0.6) is 0 Å². The largest absolute Gasteiger partial charge is 0.406 e. The molecular formula is C21H18F3N5O2S. The Kier molecular flexibility index (Phi) is 6.29. The number of rotatable bonds is 2. The average molecular weight is 461 g/mol. The van der Waals surface area contributed by atoms with Crippen molar-refractivity contribution < 1.29 is 23.1 Å². The highest BCUT2D eigenvalue weighted by molar-refractivity contribution is 7.59. The third kappa shape index (κ3) is 4.76. The van der Waals surface area contributed by atoms with E-state index >= 15 is 0 Å². The lowest BCUT2D eigenvalue weighted by molar-refractivity contribution is -0.162. The first kappa shape index (κ1) is 23.3. The number of alkyl halides is 3. The van der Waals surface area contributed by atoms with Gasteiger partial charge in [-0.2, -0.15) is 26.7 Å². The van der Waals surface area contributed by atoms with Gasteiger partial charge in [0, 0.05) is 41.9 Å². The number of nitrogens with two attached hydrogens (primary N) is 1. The number of halogens is 3. The molecule has 1 aliphatic rings. The van der Waals surface area contributed by atoms with E-state index in [4.69, 9.17) is 5.73 Å². The van der Waals surface area contributed by atoms with Crippen molar-refractivity contribution in [2.75, 3.05) is 18.8 Å². The summed E-state index contributed by atoms with van der Waals surface area (Å²) < 4.78 is 37.7. The fraction of sp³-hybridized carbons (Fsp3) is 0.238. The van der Waals surface area contributed by atoms with E-state index in [2.05, 4.69) is 26.8 Å². The van der Waals surface area contributed by atoms with Crippen molar-refractivity contribution in [1.82, 2.24) is 19.9 Å². The van der Waals surface area contributed by atoms with Gasteiger partial charge in [0.15, 0.2) is 5.82 Å². The lowest BCUT2D eigenvalue weighted by atomic mass is 10.0. The molecule has 3 aromatic rings. The molecule has 4 rings (SSSR count). The molecule has 11 heteroatoms. The van der Waals surface area contributed by atoms with Gasteiger partial charge in [-0.25, -0.2) is 15.0 Å². The van der Waals surface area contributed by atoms with E-state index in [1.54, 1.807) is 42.7 Å². The Morgan fingerprint density at radius 3 is 2.78 bits per heavy atom. The highest BCUT2D eigenvalue weighted by Gasteiger charge is 2.47. The van der Waals surface area contributed by atoms with Crippen LogP contribution in [0.3, 0.4) is 0 Å². The van der Waals surface area contributed by atoms with Gasteiger partial charge in [-0.05, 0) is 18.2 Å². The number of carbonyl (C=O) groups excluding carboxylic acids is 1. The quantitative estimate of drug-likeness (QED) is 0.568. The Morgan fingerprint density at radius 1 is 1.25 bits per heavy atom. The van der Waals surface area contributed by atoms with Crippen LogP contribution in [-0.4, -0.2) is 55.7 Å². The molecule has 7 nitrogen and oxygen atoms in total. The van der Waals surface area contributed by atoms with Crippen molar-refractivity contribution in [1.29, 1.82) is 0 Å². The predicted octanol–water partition coefficient (Wildman–Crippen LogP) is 2.26. The third-order valence-corrected chi connectivity index (χ3v) is 4.82. The highest BCUT2D eigenvalue weighted by Crippen LogP contribution is 2.27. The van der Waals surface area contributed by atoms with Crippen LogP contribution in [0.15, 0.2) is 42.7 Å². The highest BCUT2D eigenvalue weighted by atomic mass is 32.1. The number of aliphatic hydroxyl groups is 1. The van der Waals surface area contributed by atoms with Gasteiger partial charge >= 0.3 is 6.18 Å². The SMILES string of the molecule is Nc1nccc2cnc(-c3cccc(C#C[C@]4(O)CCN(CC(F)(F)F)C4=O)c3)nc12.S. The minimum atomic E-state index is -4.54. The summed E-state index contributed by atoms with van der Waals surface area (Å²) in [6.45, 7) is -1.63. The van der Waals surface area contributed by atoms with Gasteiger partial charge < -0.3 is 15.7 Å². The van der Waals surface area contributed by atoms with Gasteiger partial charge in [-0.3, -0.25) is 4.79 Å². The van der Waals surface area contributed by atoms with Crippen LogP contribution in [0.25, 0.3) is 22.3 Å². The molecule has 2 aromatic heterocycles. The summed E-state index contributed by atoms with van der Waals surface area (Å²) in [5.41, 5.74) is 5.27. The van der Waals surface area contributed by atoms with E-state index in [1.165, 1.54) is 0 Å². The molecule has 0 radical (unpaired) electrons. The lowest BCUT2D eigenvalue weighted by Crippen LogP contribution is -2.42. The number of hydrogen-bond acceptors (Lipinski definition) is 6. The second-order valence-electron chi connectivity index (χ2n) is 7.11. The van der Waals surface area contributed by atoms with Gasteiger partial charge in [0.05, 0.1) is 0 Å². The van der Waals surface area contributed by atoms with Gasteiger partial charge in [-0.1, -0.05) is 24.0 Å². The molecule has 1 aromatic carbocycles. The first-order valence-corrected chi connectivity index (χ1v) is 9.24. The van der Waals surface area contributed by atoms with E-state index in [-0.39, 0.29) is 32.3 Å². The molecule has 0 bridgehead atoms. The Hall–Kier alpha value is -3.36. The first-order chi connectivity index (χ1) is 14.6. The van der Waals surface area contributed by atoms with Crippen LogP contribution in [-0.2, 0) is 4.79 Å². The van der Waals surface area contributed by atoms with Crippen molar-refractivity contribution in [3.05, 3.63) is 48.3 Å². The fourth-order valence-corrected chi connectivity index (χ4v) is 3.28. The number of likely N-dealkylation sites (tertiary alicyclic amines) is 1. The number of hydrogen-bond donors (Lipinski definition) is 2. The molecule has 1 fully saturated rings. The summed E-state index contributed by atoms with van der Waals surface area (Å²) in [6, 6.07) is 8.47. The van der Waals surface area contributed by atoms with Crippen LogP contribution < -0.4 is 5.73 Å². The maximum Gasteiger partial charge on any atom is 0.406 e. The van der Waals surface area contributed by atoms with Crippen molar-refractivity contribution >= 4 is 36.1 Å². The van der Waals surface area contributed by atoms with E-state index in [0.29, 0.717) is 27.4 Å². The lowest BCUT2D eigenvalue weighted by Gasteiger charge is -2.19. The van der Waals surface area contributed by atoms with Crippen LogP contribution in [0.2, 0.25) is 0 Å². The smallest absolute Gasteiger partial charge is 0.382 e. The molecule has 1 atom stereocenters. The third-order valence-electron chi connectivity index (χ3n) is 4.82. The van der Waals surface area contributed by atoms with Crippen molar-refractivity contribution in [2.45, 2.75) is 18.2 Å². The van der Waals surface area contributed by atoms with E-state index in [9.17, 15) is 23.1 Å². The maximum absolute atomic E-state index is 12.6. The Morgan fingerprint density at radius 2 is 2.03 bits per heavy atom. The monoisotopic (exact) mass is 461 g/mol. The second-order valence-corrected chi connectivity index (χ2v) is 7.11. The molecule has 166 valence electrons. The van der Waals surface area contributed by atoms with Crippen LogP contribution >= 0.6 is 13.5 Å². The number of benzene rings is 1. The first-order valence-electron chi connectivity index (χ1n) is 9.24. The van der Waals surface area contributed by atoms with Crippen LogP contribution in [0.1, 0.15) is 12.0 Å². The van der Waals surface area contributed by atoms with Crippen molar-refractivity contribution in [3.8, 4) is 23.2 Å². The molecule has 3 N–H and O–H groups in total. The van der Waals surface area contributed by atoms with Gasteiger partial charge in [-0.15, -0.1) is 0 Å². The normalized spacial score (nSPS) is 18.2. The Labute approximate surface area is 187 Å². The average Bonchev–Trinajstić information content (AvgIpc) is 3.00. The van der Waals surface area contributed by atoms with E-state index < -0.39 is 24.2 Å². The Balaban J connectivity index is 0.00000289. The predicted molar refractivity (Wildman–Crippen MR) is 117 cm³/mol. The molecule has 0 spiro atoms. The standard InChI is InChI=1S/C21H16F3N5O2.H2S/c22-21(23,24)12-29-9-7-20(31,19(29)30)6-4-13-2-1-3-14(10-13)18-27-11-15-5-8-26-17(25)16(15)28-18;/h1-3,5,8,10-11,31H,7,9,12H2,(H2,25,26);1H2/t20-;/m0./s1.